The van der Waals surface area contributed by atoms with Crippen molar-refractivity contribution in [1.29, 1.82) is 0 Å². The van der Waals surface area contributed by atoms with Crippen LogP contribution < -0.4 is 0 Å². The number of hydrogen-bond acceptors (Lipinski definition) is 4. The summed E-state index contributed by atoms with van der Waals surface area (Å²) in [6, 6.07) is 5.50. The molecule has 18 heavy (non-hydrogen) atoms. The molecule has 6 heteroatoms. The minimum absolute atomic E-state index is 0.459. The summed E-state index contributed by atoms with van der Waals surface area (Å²) in [7, 11) is 0. The molecular formula is C12H8ClN3OS. The van der Waals surface area contributed by atoms with E-state index >= 15 is 0 Å². The maximum absolute atomic E-state index is 5.75. The Bertz CT molecular complexity index is 704. The van der Waals surface area contributed by atoms with Crippen molar-refractivity contribution < 1.29 is 4.42 Å². The second kappa shape index (κ2) is 4.51. The Morgan fingerprint density at radius 3 is 3.00 bits per heavy atom. The fraction of sp³-hybridized carbons (Fsp3) is 0.0833. The number of hydrogen-bond donors (Lipinski definition) is 0. The van der Waals surface area contributed by atoms with Gasteiger partial charge in [0.15, 0.2) is 10.5 Å². The molecule has 2 aliphatic rings. The highest BCUT2D eigenvalue weighted by Crippen LogP contribution is 2.23. The quantitative estimate of drug-likeness (QED) is 0.532. The second-order valence-electron chi connectivity index (χ2n) is 3.83. The van der Waals surface area contributed by atoms with Crippen LogP contribution in [0.15, 0.2) is 41.3 Å². The van der Waals surface area contributed by atoms with Crippen LogP contribution in [0, 0.1) is 4.71 Å². The van der Waals surface area contributed by atoms with E-state index < -0.39 is 0 Å². The van der Waals surface area contributed by atoms with E-state index in [-0.39, 0.29) is 0 Å². The zero-order chi connectivity index (χ0) is 12.5. The minimum Gasteiger partial charge on any atom is -0.442 e. The number of pyridine rings is 1. The van der Waals surface area contributed by atoms with Crippen molar-refractivity contribution in [3.8, 4) is 11.5 Å². The smallest absolute Gasteiger partial charge is 0.193 e. The lowest BCUT2D eigenvalue weighted by Gasteiger charge is -2.09. The highest BCUT2D eigenvalue weighted by Gasteiger charge is 2.11. The topological polar surface area (TPSA) is 43.9 Å². The molecule has 0 saturated carbocycles. The molecule has 0 radical (unpaired) electrons. The number of halogens is 1. The maximum atomic E-state index is 5.75. The number of furan rings is 1. The first-order valence-electron chi connectivity index (χ1n) is 5.27. The Hall–Kier alpha value is -1.72. The Morgan fingerprint density at radius 1 is 1.33 bits per heavy atom. The number of fused-ring (bicyclic) bond motifs is 1. The van der Waals surface area contributed by atoms with Crippen molar-refractivity contribution in [2.24, 2.45) is 0 Å². The summed E-state index contributed by atoms with van der Waals surface area (Å²) < 4.78 is 7.78. The Morgan fingerprint density at radius 2 is 2.22 bits per heavy atom. The van der Waals surface area contributed by atoms with Crippen molar-refractivity contribution in [2.45, 2.75) is 6.54 Å². The molecule has 0 spiro atoms. The van der Waals surface area contributed by atoms with Gasteiger partial charge in [-0.1, -0.05) is 17.7 Å². The van der Waals surface area contributed by atoms with Crippen LogP contribution in [0.2, 0.25) is 5.15 Å². The molecule has 1 aromatic heterocycles. The van der Waals surface area contributed by atoms with Gasteiger partial charge in [0, 0.05) is 12.3 Å². The van der Waals surface area contributed by atoms with E-state index in [1.807, 2.05) is 16.7 Å². The van der Waals surface area contributed by atoms with Crippen LogP contribution in [0.5, 0.6) is 0 Å². The van der Waals surface area contributed by atoms with Gasteiger partial charge in [-0.05, 0) is 23.8 Å². The third-order valence-electron chi connectivity index (χ3n) is 2.57. The second-order valence-corrected chi connectivity index (χ2v) is 4.62. The van der Waals surface area contributed by atoms with E-state index in [0.29, 0.717) is 22.2 Å². The van der Waals surface area contributed by atoms with Crippen LogP contribution in [0.3, 0.4) is 0 Å². The summed E-state index contributed by atoms with van der Waals surface area (Å²) in [6.45, 7) is 0.642. The number of aromatic nitrogens is 3. The molecule has 90 valence electrons. The van der Waals surface area contributed by atoms with E-state index in [4.69, 9.17) is 28.2 Å². The first-order valence-corrected chi connectivity index (χ1v) is 6.05. The molecule has 1 aromatic rings. The average Bonchev–Trinajstić information content (AvgIpc) is 2.73. The van der Waals surface area contributed by atoms with E-state index in [1.165, 1.54) is 0 Å². The van der Waals surface area contributed by atoms with E-state index in [9.17, 15) is 0 Å². The summed E-state index contributed by atoms with van der Waals surface area (Å²) in [5.41, 5.74) is 1.95. The van der Waals surface area contributed by atoms with Gasteiger partial charge in [-0.3, -0.25) is 0 Å². The predicted molar refractivity (Wildman–Crippen MR) is 70.3 cm³/mol. The molecule has 4 nitrogen and oxygen atoms in total. The molecule has 0 unspecified atom stereocenters. The first-order chi connectivity index (χ1) is 8.72. The Kier molecular flexibility index (Phi) is 2.85. The summed E-state index contributed by atoms with van der Waals surface area (Å²) in [4.78, 5) is 8.16. The van der Waals surface area contributed by atoms with Crippen LogP contribution in [-0.2, 0) is 6.54 Å². The molecule has 0 fully saturated rings. The SMILES string of the molecule is S=c1cc2n(Cc3ccc(Cl)nc3)cncc-2o1. The van der Waals surface area contributed by atoms with Crippen LogP contribution >= 0.6 is 23.8 Å². The van der Waals surface area contributed by atoms with Gasteiger partial charge in [-0.2, -0.15) is 0 Å². The zero-order valence-corrected chi connectivity index (χ0v) is 10.8. The fourth-order valence-corrected chi connectivity index (χ4v) is 2.07. The largest absolute Gasteiger partial charge is 0.442 e. The van der Waals surface area contributed by atoms with Gasteiger partial charge in [0.2, 0.25) is 0 Å². The van der Waals surface area contributed by atoms with Gasteiger partial charge < -0.3 is 8.98 Å². The summed E-state index contributed by atoms with van der Waals surface area (Å²) in [5, 5.41) is 0.483. The molecular weight excluding hydrogens is 270 g/mol. The molecule has 0 atom stereocenters. The predicted octanol–water partition coefficient (Wildman–Crippen LogP) is 3.41. The molecule has 0 saturated heterocycles. The highest BCUT2D eigenvalue weighted by atomic mass is 35.5. The summed E-state index contributed by atoms with van der Waals surface area (Å²) in [6.07, 6.45) is 5.13. The summed E-state index contributed by atoms with van der Waals surface area (Å²) in [5.74, 6) is 0.685. The van der Waals surface area contributed by atoms with Gasteiger partial charge in [0.1, 0.15) is 5.15 Å². The Labute approximate surface area is 113 Å². The van der Waals surface area contributed by atoms with Crippen LogP contribution in [0.4, 0.5) is 0 Å². The molecule has 0 aromatic carbocycles. The maximum Gasteiger partial charge on any atom is 0.193 e. The lowest BCUT2D eigenvalue weighted by atomic mass is 10.2. The van der Waals surface area contributed by atoms with Crippen molar-refractivity contribution in [2.75, 3.05) is 0 Å². The van der Waals surface area contributed by atoms with Gasteiger partial charge in [0.05, 0.1) is 24.8 Å². The normalized spacial score (nSPS) is 10.9. The highest BCUT2D eigenvalue weighted by molar-refractivity contribution is 7.71. The van der Waals surface area contributed by atoms with Crippen molar-refractivity contribution in [3.63, 3.8) is 0 Å². The molecule has 0 aliphatic carbocycles. The zero-order valence-electron chi connectivity index (χ0n) is 9.21. The van der Waals surface area contributed by atoms with E-state index in [1.54, 1.807) is 24.8 Å². The number of rotatable bonds is 2. The van der Waals surface area contributed by atoms with Crippen molar-refractivity contribution in [1.82, 2.24) is 14.5 Å². The van der Waals surface area contributed by atoms with Crippen LogP contribution in [0.25, 0.3) is 11.5 Å². The van der Waals surface area contributed by atoms with Crippen molar-refractivity contribution in [3.05, 3.63) is 52.3 Å². The lowest BCUT2D eigenvalue weighted by Crippen LogP contribution is -2.04. The molecule has 3 heterocycles. The molecule has 0 N–H and O–H groups in total. The molecule has 2 aliphatic heterocycles. The minimum atomic E-state index is 0.459. The van der Waals surface area contributed by atoms with Crippen LogP contribution in [-0.4, -0.2) is 14.5 Å². The van der Waals surface area contributed by atoms with Gasteiger partial charge >= 0.3 is 0 Å². The Balaban J connectivity index is 2.00. The van der Waals surface area contributed by atoms with E-state index in [2.05, 4.69) is 9.97 Å². The monoisotopic (exact) mass is 277 g/mol. The first kappa shape index (κ1) is 11.4. The third-order valence-corrected chi connectivity index (χ3v) is 2.99. The fourth-order valence-electron chi connectivity index (χ4n) is 1.76. The van der Waals surface area contributed by atoms with Crippen molar-refractivity contribution >= 4 is 23.8 Å². The van der Waals surface area contributed by atoms with Crippen LogP contribution in [0.1, 0.15) is 5.56 Å². The lowest BCUT2D eigenvalue weighted by molar-refractivity contribution is 0.559. The van der Waals surface area contributed by atoms with Gasteiger partial charge in [-0.15, -0.1) is 0 Å². The molecule has 0 bridgehead atoms. The number of nitrogens with zero attached hydrogens (tertiary/aromatic N) is 3. The summed E-state index contributed by atoms with van der Waals surface area (Å²) >= 11 is 10.8. The molecule has 0 amide bonds. The van der Waals surface area contributed by atoms with Gasteiger partial charge in [-0.25, -0.2) is 9.97 Å². The molecule has 3 rings (SSSR count). The average molecular weight is 278 g/mol. The third kappa shape index (κ3) is 2.14. The van der Waals surface area contributed by atoms with Gasteiger partial charge in [0.25, 0.3) is 0 Å². The standard InChI is InChI=1S/C12H8ClN3OS/c13-11-2-1-8(4-15-11)6-16-7-14-5-10-9(16)3-12(18)17-10/h1-5,7H,6H2. The van der Waals surface area contributed by atoms with E-state index in [0.717, 1.165) is 11.3 Å².